The summed E-state index contributed by atoms with van der Waals surface area (Å²) in [6, 6.07) is 17.2. The largest absolute Gasteiger partial charge is 0.374 e. The van der Waals surface area contributed by atoms with E-state index in [-0.39, 0.29) is 5.60 Å². The van der Waals surface area contributed by atoms with Crippen LogP contribution in [0.2, 0.25) is 0 Å². The number of aromatic nitrogens is 1. The third kappa shape index (κ3) is 2.44. The number of para-hydroxylation sites is 2. The van der Waals surface area contributed by atoms with Crippen LogP contribution in [0.1, 0.15) is 20.8 Å². The van der Waals surface area contributed by atoms with Gasteiger partial charge in [0.15, 0.2) is 0 Å². The molecular formula is C18H21NO. The summed E-state index contributed by atoms with van der Waals surface area (Å²) in [7, 11) is 0. The van der Waals surface area contributed by atoms with Crippen LogP contribution >= 0.6 is 0 Å². The Morgan fingerprint density at radius 3 is 1.85 bits per heavy atom. The molecule has 0 aliphatic heterocycles. The molecule has 104 valence electrons. The fourth-order valence-electron chi connectivity index (χ4n) is 2.69. The van der Waals surface area contributed by atoms with Crippen molar-refractivity contribution in [1.29, 1.82) is 0 Å². The maximum Gasteiger partial charge on any atom is 0.0653 e. The van der Waals surface area contributed by atoms with Gasteiger partial charge in [-0.3, -0.25) is 0 Å². The molecule has 0 saturated carbocycles. The molecule has 20 heavy (non-hydrogen) atoms. The number of hydrogen-bond acceptors (Lipinski definition) is 1. The molecule has 0 radical (unpaired) electrons. The van der Waals surface area contributed by atoms with Gasteiger partial charge in [0.1, 0.15) is 0 Å². The first-order chi connectivity index (χ1) is 9.56. The van der Waals surface area contributed by atoms with Gasteiger partial charge in [0, 0.05) is 28.4 Å². The van der Waals surface area contributed by atoms with Gasteiger partial charge in [-0.1, -0.05) is 36.4 Å². The minimum Gasteiger partial charge on any atom is -0.374 e. The lowest BCUT2D eigenvalue weighted by Crippen LogP contribution is -2.21. The average Bonchev–Trinajstić information content (AvgIpc) is 2.73. The molecule has 0 aliphatic rings. The third-order valence-electron chi connectivity index (χ3n) is 3.53. The zero-order valence-electron chi connectivity index (χ0n) is 12.4. The molecule has 3 aromatic rings. The van der Waals surface area contributed by atoms with E-state index in [1.807, 2.05) is 0 Å². The molecule has 0 aliphatic carbocycles. The third-order valence-corrected chi connectivity index (χ3v) is 3.53. The first-order valence-electron chi connectivity index (χ1n) is 7.16. The number of rotatable bonds is 3. The van der Waals surface area contributed by atoms with E-state index >= 15 is 0 Å². The highest BCUT2D eigenvalue weighted by atomic mass is 16.5. The monoisotopic (exact) mass is 267 g/mol. The minimum atomic E-state index is -0.0846. The summed E-state index contributed by atoms with van der Waals surface area (Å²) in [6.45, 7) is 7.90. The van der Waals surface area contributed by atoms with E-state index in [4.69, 9.17) is 4.74 Å². The fourth-order valence-corrected chi connectivity index (χ4v) is 2.69. The van der Waals surface area contributed by atoms with Crippen molar-refractivity contribution in [3.8, 4) is 0 Å². The second-order valence-corrected chi connectivity index (χ2v) is 6.15. The number of nitrogens with zero attached hydrogens (tertiary/aromatic N) is 1. The van der Waals surface area contributed by atoms with Gasteiger partial charge in [-0.05, 0) is 32.9 Å². The molecule has 0 saturated heterocycles. The van der Waals surface area contributed by atoms with Crippen LogP contribution in [-0.2, 0) is 11.3 Å². The standard InChI is InChI=1S/C18H21NO/c1-18(2,3)20-13-12-19-16-10-6-4-8-14(16)15-9-5-7-11-17(15)19/h4-11H,12-13H2,1-3H3. The molecule has 1 heterocycles. The van der Waals surface area contributed by atoms with Crippen molar-refractivity contribution in [2.75, 3.05) is 6.61 Å². The van der Waals surface area contributed by atoms with E-state index in [2.05, 4.69) is 73.9 Å². The zero-order chi connectivity index (χ0) is 14.2. The van der Waals surface area contributed by atoms with Gasteiger partial charge in [-0.15, -0.1) is 0 Å². The van der Waals surface area contributed by atoms with Gasteiger partial charge in [-0.2, -0.15) is 0 Å². The summed E-state index contributed by atoms with van der Waals surface area (Å²) >= 11 is 0. The summed E-state index contributed by atoms with van der Waals surface area (Å²) in [5, 5.41) is 2.64. The Hall–Kier alpha value is -1.80. The Morgan fingerprint density at radius 2 is 1.35 bits per heavy atom. The topological polar surface area (TPSA) is 14.2 Å². The maximum absolute atomic E-state index is 5.88. The molecule has 0 fully saturated rings. The van der Waals surface area contributed by atoms with Crippen molar-refractivity contribution in [2.45, 2.75) is 32.9 Å². The lowest BCUT2D eigenvalue weighted by Gasteiger charge is -2.20. The predicted molar refractivity (Wildman–Crippen MR) is 85.1 cm³/mol. The Morgan fingerprint density at radius 1 is 0.850 bits per heavy atom. The lowest BCUT2D eigenvalue weighted by atomic mass is 10.2. The highest BCUT2D eigenvalue weighted by molar-refractivity contribution is 6.07. The fraction of sp³-hybridized carbons (Fsp3) is 0.333. The van der Waals surface area contributed by atoms with Crippen LogP contribution in [0.4, 0.5) is 0 Å². The second kappa shape index (κ2) is 4.95. The van der Waals surface area contributed by atoms with Crippen molar-refractivity contribution in [2.24, 2.45) is 0 Å². The van der Waals surface area contributed by atoms with Gasteiger partial charge >= 0.3 is 0 Å². The van der Waals surface area contributed by atoms with Gasteiger partial charge in [0.25, 0.3) is 0 Å². The van der Waals surface area contributed by atoms with Gasteiger partial charge < -0.3 is 9.30 Å². The predicted octanol–water partition coefficient (Wildman–Crippen LogP) is 4.61. The number of ether oxygens (including phenoxy) is 1. The van der Waals surface area contributed by atoms with E-state index in [9.17, 15) is 0 Å². The molecule has 0 atom stereocenters. The summed E-state index contributed by atoms with van der Waals surface area (Å²) < 4.78 is 8.24. The van der Waals surface area contributed by atoms with Crippen molar-refractivity contribution >= 4 is 21.8 Å². The molecule has 0 unspecified atom stereocenters. The van der Waals surface area contributed by atoms with E-state index in [1.165, 1.54) is 21.8 Å². The molecule has 1 aromatic heterocycles. The molecule has 0 N–H and O–H groups in total. The first-order valence-corrected chi connectivity index (χ1v) is 7.16. The summed E-state index contributed by atoms with van der Waals surface area (Å²) in [5.74, 6) is 0. The van der Waals surface area contributed by atoms with E-state index in [1.54, 1.807) is 0 Å². The van der Waals surface area contributed by atoms with Crippen molar-refractivity contribution in [3.05, 3.63) is 48.5 Å². The first kappa shape index (κ1) is 13.2. The quantitative estimate of drug-likeness (QED) is 0.676. The summed E-state index contributed by atoms with van der Waals surface area (Å²) in [4.78, 5) is 0. The highest BCUT2D eigenvalue weighted by Gasteiger charge is 2.12. The highest BCUT2D eigenvalue weighted by Crippen LogP contribution is 2.28. The van der Waals surface area contributed by atoms with Gasteiger partial charge in [-0.25, -0.2) is 0 Å². The van der Waals surface area contributed by atoms with Crippen LogP contribution in [0.5, 0.6) is 0 Å². The van der Waals surface area contributed by atoms with Crippen molar-refractivity contribution in [1.82, 2.24) is 4.57 Å². The molecule has 0 amide bonds. The molecule has 2 heteroatoms. The van der Waals surface area contributed by atoms with E-state index in [0.29, 0.717) is 0 Å². The zero-order valence-corrected chi connectivity index (χ0v) is 12.4. The van der Waals surface area contributed by atoms with E-state index in [0.717, 1.165) is 13.2 Å². The lowest BCUT2D eigenvalue weighted by molar-refractivity contribution is -0.00611. The minimum absolute atomic E-state index is 0.0846. The van der Waals surface area contributed by atoms with Crippen LogP contribution in [0.3, 0.4) is 0 Å². The molecular weight excluding hydrogens is 246 g/mol. The number of benzene rings is 2. The van der Waals surface area contributed by atoms with Crippen LogP contribution in [0.25, 0.3) is 21.8 Å². The average molecular weight is 267 g/mol. The summed E-state index contributed by atoms with van der Waals surface area (Å²) in [5.41, 5.74) is 2.48. The van der Waals surface area contributed by atoms with Crippen LogP contribution in [0.15, 0.2) is 48.5 Å². The summed E-state index contributed by atoms with van der Waals surface area (Å²) in [6.07, 6.45) is 0. The van der Waals surface area contributed by atoms with Gasteiger partial charge in [0.05, 0.1) is 12.2 Å². The van der Waals surface area contributed by atoms with Crippen molar-refractivity contribution in [3.63, 3.8) is 0 Å². The Balaban J connectivity index is 2.03. The number of hydrogen-bond donors (Lipinski definition) is 0. The molecule has 3 rings (SSSR count). The normalized spacial score (nSPS) is 12.3. The Kier molecular flexibility index (Phi) is 3.27. The van der Waals surface area contributed by atoms with Crippen molar-refractivity contribution < 1.29 is 4.74 Å². The maximum atomic E-state index is 5.88. The molecule has 2 nitrogen and oxygen atoms in total. The molecule has 0 bridgehead atoms. The molecule has 0 spiro atoms. The van der Waals surface area contributed by atoms with Crippen LogP contribution in [-0.4, -0.2) is 16.8 Å². The van der Waals surface area contributed by atoms with Crippen LogP contribution < -0.4 is 0 Å². The Bertz CT molecular complexity index is 681. The van der Waals surface area contributed by atoms with Gasteiger partial charge in [0.2, 0.25) is 0 Å². The Labute approximate surface area is 120 Å². The SMILES string of the molecule is CC(C)(C)OCCn1c2ccccc2c2ccccc21. The molecule has 2 aromatic carbocycles. The second-order valence-electron chi connectivity index (χ2n) is 6.15. The number of fused-ring (bicyclic) bond motifs is 3. The smallest absolute Gasteiger partial charge is 0.0653 e. The van der Waals surface area contributed by atoms with E-state index < -0.39 is 0 Å². The van der Waals surface area contributed by atoms with Crippen LogP contribution in [0, 0.1) is 0 Å².